The second-order valence-electron chi connectivity index (χ2n) is 3.31. The maximum absolute atomic E-state index is 8.87. The molecule has 0 bridgehead atoms. The minimum Gasteiger partial charge on any atom is -0.396 e. The minimum absolute atomic E-state index is 0.456. The monoisotopic (exact) mass is 112 g/mol. The third kappa shape index (κ3) is 0.408. The van der Waals surface area contributed by atoms with Gasteiger partial charge in [-0.3, -0.25) is 0 Å². The summed E-state index contributed by atoms with van der Waals surface area (Å²) >= 11 is 0. The maximum Gasteiger partial charge on any atom is 0.0490 e. The molecule has 0 aliphatic heterocycles. The zero-order valence-corrected chi connectivity index (χ0v) is 5.06. The molecule has 1 heteroatoms. The predicted molar refractivity (Wildman–Crippen MR) is 31.5 cm³/mol. The van der Waals surface area contributed by atoms with Crippen molar-refractivity contribution in [3.8, 4) is 0 Å². The van der Waals surface area contributed by atoms with Crippen molar-refractivity contribution in [2.75, 3.05) is 6.61 Å². The SMILES string of the molecule is OC[C@@]12CCC[C@H]1C2. The molecule has 0 unspecified atom stereocenters. The van der Waals surface area contributed by atoms with Gasteiger partial charge in [-0.25, -0.2) is 0 Å². The zero-order valence-electron chi connectivity index (χ0n) is 5.06. The summed E-state index contributed by atoms with van der Waals surface area (Å²) in [6, 6.07) is 0. The Bertz CT molecular complexity index is 107. The average molecular weight is 112 g/mol. The van der Waals surface area contributed by atoms with Crippen LogP contribution in [-0.4, -0.2) is 11.7 Å². The minimum atomic E-state index is 0.456. The summed E-state index contributed by atoms with van der Waals surface area (Å²) in [6.07, 6.45) is 5.38. The van der Waals surface area contributed by atoms with Gasteiger partial charge < -0.3 is 5.11 Å². The fourth-order valence-electron chi connectivity index (χ4n) is 2.12. The normalized spacial score (nSPS) is 51.4. The van der Waals surface area contributed by atoms with Gasteiger partial charge in [0.2, 0.25) is 0 Å². The lowest BCUT2D eigenvalue weighted by Crippen LogP contribution is -2.03. The molecule has 0 radical (unpaired) electrons. The van der Waals surface area contributed by atoms with E-state index >= 15 is 0 Å². The molecule has 8 heavy (non-hydrogen) atoms. The van der Waals surface area contributed by atoms with Crippen LogP contribution in [0.1, 0.15) is 25.7 Å². The van der Waals surface area contributed by atoms with E-state index in [9.17, 15) is 0 Å². The molecule has 0 aromatic carbocycles. The molecule has 0 aromatic rings. The lowest BCUT2D eigenvalue weighted by Gasteiger charge is -2.03. The summed E-state index contributed by atoms with van der Waals surface area (Å²) in [5.41, 5.74) is 0.458. The second-order valence-corrected chi connectivity index (χ2v) is 3.31. The summed E-state index contributed by atoms with van der Waals surface area (Å²) in [5.74, 6) is 0.924. The fraction of sp³-hybridized carbons (Fsp3) is 1.00. The van der Waals surface area contributed by atoms with Crippen molar-refractivity contribution in [2.24, 2.45) is 11.3 Å². The van der Waals surface area contributed by atoms with Crippen LogP contribution in [-0.2, 0) is 0 Å². The van der Waals surface area contributed by atoms with E-state index in [2.05, 4.69) is 0 Å². The molecule has 2 saturated carbocycles. The summed E-state index contributed by atoms with van der Waals surface area (Å²) in [5, 5.41) is 8.87. The first-order valence-corrected chi connectivity index (χ1v) is 3.48. The van der Waals surface area contributed by atoms with Gasteiger partial charge in [0.25, 0.3) is 0 Å². The predicted octanol–water partition coefficient (Wildman–Crippen LogP) is 1.17. The van der Waals surface area contributed by atoms with Gasteiger partial charge in [-0.15, -0.1) is 0 Å². The number of fused-ring (bicyclic) bond motifs is 1. The molecule has 0 spiro atoms. The van der Waals surface area contributed by atoms with Gasteiger partial charge in [-0.2, -0.15) is 0 Å². The molecule has 2 fully saturated rings. The van der Waals surface area contributed by atoms with E-state index in [4.69, 9.17) is 5.11 Å². The lowest BCUT2D eigenvalue weighted by atomic mass is 10.1. The fourth-order valence-corrected chi connectivity index (χ4v) is 2.12. The molecule has 2 atom stereocenters. The van der Waals surface area contributed by atoms with Gasteiger partial charge >= 0.3 is 0 Å². The van der Waals surface area contributed by atoms with Crippen molar-refractivity contribution in [2.45, 2.75) is 25.7 Å². The van der Waals surface area contributed by atoms with E-state index in [1.807, 2.05) is 0 Å². The van der Waals surface area contributed by atoms with Gasteiger partial charge in [0.1, 0.15) is 0 Å². The largest absolute Gasteiger partial charge is 0.396 e. The lowest BCUT2D eigenvalue weighted by molar-refractivity contribution is 0.205. The Labute approximate surface area is 49.7 Å². The Morgan fingerprint density at radius 3 is 2.75 bits per heavy atom. The van der Waals surface area contributed by atoms with Crippen molar-refractivity contribution in [1.82, 2.24) is 0 Å². The van der Waals surface area contributed by atoms with Crippen LogP contribution in [0.4, 0.5) is 0 Å². The Morgan fingerprint density at radius 2 is 2.50 bits per heavy atom. The van der Waals surface area contributed by atoms with Crippen LogP contribution in [0.5, 0.6) is 0 Å². The van der Waals surface area contributed by atoms with E-state index in [-0.39, 0.29) is 0 Å². The molecule has 2 aliphatic carbocycles. The zero-order chi connectivity index (χ0) is 5.61. The molecule has 0 aromatic heterocycles. The molecule has 0 amide bonds. The molecule has 2 rings (SSSR count). The maximum atomic E-state index is 8.87. The summed E-state index contributed by atoms with van der Waals surface area (Å²) in [7, 11) is 0. The van der Waals surface area contributed by atoms with E-state index < -0.39 is 0 Å². The quantitative estimate of drug-likeness (QED) is 0.540. The Kier molecular flexibility index (Phi) is 0.762. The molecular weight excluding hydrogens is 100 g/mol. The smallest absolute Gasteiger partial charge is 0.0490 e. The van der Waals surface area contributed by atoms with Gasteiger partial charge in [0, 0.05) is 6.61 Å². The van der Waals surface area contributed by atoms with Crippen LogP contribution in [0.15, 0.2) is 0 Å². The highest BCUT2D eigenvalue weighted by atomic mass is 16.3. The first kappa shape index (κ1) is 4.80. The highest BCUT2D eigenvalue weighted by Crippen LogP contribution is 2.62. The van der Waals surface area contributed by atoms with Gasteiger partial charge in [-0.1, -0.05) is 6.42 Å². The van der Waals surface area contributed by atoms with Crippen LogP contribution < -0.4 is 0 Å². The van der Waals surface area contributed by atoms with Crippen molar-refractivity contribution in [3.05, 3.63) is 0 Å². The molecule has 0 heterocycles. The van der Waals surface area contributed by atoms with Crippen LogP contribution >= 0.6 is 0 Å². The van der Waals surface area contributed by atoms with Crippen molar-refractivity contribution >= 4 is 0 Å². The van der Waals surface area contributed by atoms with Crippen molar-refractivity contribution in [1.29, 1.82) is 0 Å². The standard InChI is InChI=1S/C7H12O/c8-5-7-3-1-2-6(7)4-7/h6,8H,1-5H2/t6-,7-/m0/s1. The first-order valence-electron chi connectivity index (χ1n) is 3.48. The molecule has 1 N–H and O–H groups in total. The van der Waals surface area contributed by atoms with Crippen molar-refractivity contribution < 1.29 is 5.11 Å². The number of hydrogen-bond donors (Lipinski definition) is 1. The topological polar surface area (TPSA) is 20.2 Å². The third-order valence-electron chi connectivity index (χ3n) is 2.90. The summed E-state index contributed by atoms with van der Waals surface area (Å²) in [6.45, 7) is 0.456. The molecule has 2 aliphatic rings. The average Bonchev–Trinajstić information content (AvgIpc) is 2.38. The Balaban J connectivity index is 2.08. The van der Waals surface area contributed by atoms with E-state index in [0.29, 0.717) is 12.0 Å². The number of aliphatic hydroxyl groups excluding tert-OH is 1. The third-order valence-corrected chi connectivity index (χ3v) is 2.90. The van der Waals surface area contributed by atoms with Gasteiger partial charge in [0.15, 0.2) is 0 Å². The van der Waals surface area contributed by atoms with E-state index in [0.717, 1.165) is 5.92 Å². The van der Waals surface area contributed by atoms with Crippen LogP contribution in [0, 0.1) is 11.3 Å². The molecule has 0 saturated heterocycles. The first-order chi connectivity index (χ1) is 3.87. The number of aliphatic hydroxyl groups is 1. The molecule has 46 valence electrons. The van der Waals surface area contributed by atoms with Crippen molar-refractivity contribution in [3.63, 3.8) is 0 Å². The summed E-state index contributed by atoms with van der Waals surface area (Å²) in [4.78, 5) is 0. The van der Waals surface area contributed by atoms with E-state index in [1.54, 1.807) is 0 Å². The number of hydrogen-bond acceptors (Lipinski definition) is 1. The molecule has 1 nitrogen and oxygen atoms in total. The summed E-state index contributed by atoms with van der Waals surface area (Å²) < 4.78 is 0. The van der Waals surface area contributed by atoms with Gasteiger partial charge in [0.05, 0.1) is 0 Å². The van der Waals surface area contributed by atoms with Crippen LogP contribution in [0.25, 0.3) is 0 Å². The molecular formula is C7H12O. The van der Waals surface area contributed by atoms with Crippen LogP contribution in [0.3, 0.4) is 0 Å². The highest BCUT2D eigenvalue weighted by Gasteiger charge is 2.55. The number of rotatable bonds is 1. The Hall–Kier alpha value is -0.0400. The van der Waals surface area contributed by atoms with E-state index in [1.165, 1.54) is 25.7 Å². The Morgan fingerprint density at radius 1 is 1.62 bits per heavy atom. The van der Waals surface area contributed by atoms with Gasteiger partial charge in [-0.05, 0) is 30.6 Å². The second kappa shape index (κ2) is 1.27. The highest BCUT2D eigenvalue weighted by molar-refractivity contribution is 5.05. The van der Waals surface area contributed by atoms with Crippen LogP contribution in [0.2, 0.25) is 0 Å².